The molecule has 0 amide bonds. The Morgan fingerprint density at radius 2 is 2.15 bits per heavy atom. The molecule has 0 aliphatic carbocycles. The van der Waals surface area contributed by atoms with Crippen molar-refractivity contribution < 1.29 is 5.11 Å². The topological polar surface area (TPSA) is 49.5 Å². The molecule has 0 saturated carbocycles. The van der Waals surface area contributed by atoms with Crippen LogP contribution in [0.4, 0.5) is 0 Å². The Bertz CT molecular complexity index is 182. The first-order valence-corrected chi connectivity index (χ1v) is 5.02. The van der Waals surface area contributed by atoms with E-state index in [1.54, 1.807) is 0 Å². The second-order valence-corrected chi connectivity index (χ2v) is 4.96. The number of piperidine rings is 1. The predicted molar refractivity (Wildman–Crippen MR) is 54.5 cm³/mol. The SMILES string of the molecule is CN1CCCC(O)(C(C)(C)CN)C1. The predicted octanol–water partition coefficient (Wildman–Crippen LogP) is 0.428. The van der Waals surface area contributed by atoms with E-state index in [2.05, 4.69) is 11.9 Å². The number of nitrogens with zero attached hydrogens (tertiary/aromatic N) is 1. The van der Waals surface area contributed by atoms with Crippen LogP contribution < -0.4 is 5.73 Å². The number of rotatable bonds is 2. The molecule has 0 spiro atoms. The number of hydrogen-bond donors (Lipinski definition) is 2. The molecule has 0 radical (unpaired) electrons. The van der Waals surface area contributed by atoms with Gasteiger partial charge in [0.2, 0.25) is 0 Å². The zero-order chi connectivity index (χ0) is 10.1. The lowest BCUT2D eigenvalue weighted by molar-refractivity contribution is -0.104. The molecule has 0 aromatic rings. The van der Waals surface area contributed by atoms with Gasteiger partial charge >= 0.3 is 0 Å². The quantitative estimate of drug-likeness (QED) is 0.657. The van der Waals surface area contributed by atoms with Crippen molar-refractivity contribution in [1.82, 2.24) is 4.90 Å². The normalized spacial score (nSPS) is 32.1. The van der Waals surface area contributed by atoms with E-state index in [0.29, 0.717) is 6.54 Å². The molecule has 78 valence electrons. The minimum absolute atomic E-state index is 0.179. The Hall–Kier alpha value is -0.120. The van der Waals surface area contributed by atoms with Gasteiger partial charge in [0.1, 0.15) is 0 Å². The maximum atomic E-state index is 10.4. The van der Waals surface area contributed by atoms with Crippen LogP contribution in [0.15, 0.2) is 0 Å². The van der Waals surface area contributed by atoms with E-state index in [9.17, 15) is 5.11 Å². The van der Waals surface area contributed by atoms with Gasteiger partial charge in [-0.15, -0.1) is 0 Å². The van der Waals surface area contributed by atoms with E-state index in [0.717, 1.165) is 25.9 Å². The standard InChI is InChI=1S/C10H22N2O/c1-9(2,7-11)10(13)5-4-6-12(3)8-10/h13H,4-8,11H2,1-3H3. The van der Waals surface area contributed by atoms with Crippen molar-refractivity contribution in [1.29, 1.82) is 0 Å². The Morgan fingerprint density at radius 1 is 1.54 bits per heavy atom. The first-order valence-electron chi connectivity index (χ1n) is 5.02. The monoisotopic (exact) mass is 186 g/mol. The van der Waals surface area contributed by atoms with E-state index < -0.39 is 5.60 Å². The van der Waals surface area contributed by atoms with Gasteiger partial charge in [0.05, 0.1) is 5.60 Å². The van der Waals surface area contributed by atoms with Gasteiger partial charge in [0.25, 0.3) is 0 Å². The highest BCUT2D eigenvalue weighted by molar-refractivity contribution is 4.98. The number of likely N-dealkylation sites (N-methyl/N-ethyl adjacent to an activating group) is 1. The van der Waals surface area contributed by atoms with E-state index in [1.807, 2.05) is 13.8 Å². The summed E-state index contributed by atoms with van der Waals surface area (Å²) < 4.78 is 0. The molecular weight excluding hydrogens is 164 g/mol. The summed E-state index contributed by atoms with van der Waals surface area (Å²) in [5.74, 6) is 0. The number of nitrogens with two attached hydrogens (primary N) is 1. The molecule has 1 saturated heterocycles. The van der Waals surface area contributed by atoms with Crippen LogP contribution in [0.3, 0.4) is 0 Å². The molecular formula is C10H22N2O. The Balaban J connectivity index is 2.74. The van der Waals surface area contributed by atoms with E-state index >= 15 is 0 Å². The molecule has 0 aromatic heterocycles. The van der Waals surface area contributed by atoms with Crippen molar-refractivity contribution in [2.45, 2.75) is 32.3 Å². The average molecular weight is 186 g/mol. The number of likely N-dealkylation sites (tertiary alicyclic amines) is 1. The molecule has 3 nitrogen and oxygen atoms in total. The molecule has 1 atom stereocenters. The largest absolute Gasteiger partial charge is 0.388 e. The third-order valence-electron chi connectivity index (χ3n) is 3.43. The first-order chi connectivity index (χ1) is 5.91. The highest BCUT2D eigenvalue weighted by atomic mass is 16.3. The fourth-order valence-electron chi connectivity index (χ4n) is 1.99. The Morgan fingerprint density at radius 3 is 2.62 bits per heavy atom. The minimum Gasteiger partial charge on any atom is -0.388 e. The highest BCUT2D eigenvalue weighted by Crippen LogP contribution is 2.36. The summed E-state index contributed by atoms with van der Waals surface area (Å²) in [5, 5.41) is 10.4. The van der Waals surface area contributed by atoms with Gasteiger partial charge in [-0.1, -0.05) is 13.8 Å². The minimum atomic E-state index is -0.602. The summed E-state index contributed by atoms with van der Waals surface area (Å²) in [4.78, 5) is 2.18. The third-order valence-corrected chi connectivity index (χ3v) is 3.43. The maximum Gasteiger partial charge on any atom is 0.0837 e. The molecule has 3 heteroatoms. The lowest BCUT2D eigenvalue weighted by Crippen LogP contribution is -2.57. The van der Waals surface area contributed by atoms with Crippen molar-refractivity contribution in [2.75, 3.05) is 26.7 Å². The van der Waals surface area contributed by atoms with Crippen LogP contribution in [-0.2, 0) is 0 Å². The summed E-state index contributed by atoms with van der Waals surface area (Å²) in [5.41, 5.74) is 4.91. The van der Waals surface area contributed by atoms with Crippen LogP contribution >= 0.6 is 0 Å². The number of hydrogen-bond acceptors (Lipinski definition) is 3. The second kappa shape index (κ2) is 3.56. The Labute approximate surface area is 80.9 Å². The second-order valence-electron chi connectivity index (χ2n) is 4.96. The van der Waals surface area contributed by atoms with E-state index in [-0.39, 0.29) is 5.41 Å². The number of β-amino-alcohol motifs (C(OH)–C–C–N with tert-alkyl or cyclic N) is 1. The van der Waals surface area contributed by atoms with Gasteiger partial charge in [0, 0.05) is 18.5 Å². The summed E-state index contributed by atoms with van der Waals surface area (Å²) >= 11 is 0. The molecule has 3 N–H and O–H groups in total. The van der Waals surface area contributed by atoms with Crippen LogP contribution in [-0.4, -0.2) is 42.3 Å². The lowest BCUT2D eigenvalue weighted by atomic mass is 9.70. The molecule has 1 fully saturated rings. The third kappa shape index (κ3) is 2.03. The van der Waals surface area contributed by atoms with Gasteiger partial charge < -0.3 is 15.7 Å². The number of aliphatic hydroxyl groups is 1. The lowest BCUT2D eigenvalue weighted by Gasteiger charge is -2.47. The van der Waals surface area contributed by atoms with Crippen LogP contribution in [0.25, 0.3) is 0 Å². The van der Waals surface area contributed by atoms with Crippen molar-refractivity contribution in [3.05, 3.63) is 0 Å². The van der Waals surface area contributed by atoms with Gasteiger partial charge in [0.15, 0.2) is 0 Å². The zero-order valence-corrected chi connectivity index (χ0v) is 9.01. The summed E-state index contributed by atoms with van der Waals surface area (Å²) in [6.07, 6.45) is 1.94. The molecule has 1 heterocycles. The smallest absolute Gasteiger partial charge is 0.0837 e. The molecule has 1 rings (SSSR count). The maximum absolute atomic E-state index is 10.4. The molecule has 1 aliphatic rings. The molecule has 0 bridgehead atoms. The summed E-state index contributed by atoms with van der Waals surface area (Å²) in [7, 11) is 2.05. The molecule has 13 heavy (non-hydrogen) atoms. The van der Waals surface area contributed by atoms with Crippen molar-refractivity contribution in [3.8, 4) is 0 Å². The van der Waals surface area contributed by atoms with Gasteiger partial charge in [-0.2, -0.15) is 0 Å². The van der Waals surface area contributed by atoms with Crippen LogP contribution in [0.2, 0.25) is 0 Å². The van der Waals surface area contributed by atoms with Gasteiger partial charge in [-0.05, 0) is 26.4 Å². The molecule has 1 aliphatic heterocycles. The fourth-order valence-corrected chi connectivity index (χ4v) is 1.99. The van der Waals surface area contributed by atoms with Gasteiger partial charge in [-0.3, -0.25) is 0 Å². The highest BCUT2D eigenvalue weighted by Gasteiger charge is 2.44. The van der Waals surface area contributed by atoms with Crippen LogP contribution in [0.1, 0.15) is 26.7 Å². The first kappa shape index (κ1) is 11.0. The van der Waals surface area contributed by atoms with Gasteiger partial charge in [-0.25, -0.2) is 0 Å². The average Bonchev–Trinajstić information content (AvgIpc) is 2.03. The summed E-state index contributed by atoms with van der Waals surface area (Å²) in [6.45, 7) is 6.47. The van der Waals surface area contributed by atoms with E-state index in [1.165, 1.54) is 0 Å². The molecule has 0 aromatic carbocycles. The summed E-state index contributed by atoms with van der Waals surface area (Å²) in [6, 6.07) is 0. The van der Waals surface area contributed by atoms with Crippen molar-refractivity contribution in [2.24, 2.45) is 11.1 Å². The van der Waals surface area contributed by atoms with Crippen molar-refractivity contribution in [3.63, 3.8) is 0 Å². The van der Waals surface area contributed by atoms with E-state index in [4.69, 9.17) is 5.73 Å². The van der Waals surface area contributed by atoms with Crippen molar-refractivity contribution >= 4 is 0 Å². The Kier molecular flexibility index (Phi) is 3.00. The fraction of sp³-hybridized carbons (Fsp3) is 1.00. The molecule has 1 unspecified atom stereocenters. The zero-order valence-electron chi connectivity index (χ0n) is 9.01. The van der Waals surface area contributed by atoms with Crippen LogP contribution in [0.5, 0.6) is 0 Å². The van der Waals surface area contributed by atoms with Crippen LogP contribution in [0, 0.1) is 5.41 Å².